The van der Waals surface area contributed by atoms with Gasteiger partial charge >= 0.3 is 0 Å². The van der Waals surface area contributed by atoms with Crippen molar-refractivity contribution < 1.29 is 0 Å². The van der Waals surface area contributed by atoms with E-state index in [-0.39, 0.29) is 0 Å². The zero-order valence-corrected chi connectivity index (χ0v) is 5.59. The van der Waals surface area contributed by atoms with Crippen LogP contribution in [0.15, 0.2) is 4.99 Å². The molecule has 0 saturated heterocycles. The summed E-state index contributed by atoms with van der Waals surface area (Å²) in [6.45, 7) is 2.62. The highest BCUT2D eigenvalue weighted by Crippen LogP contribution is 1.85. The fraction of sp³-hybridized carbons (Fsp3) is 0.667. The maximum atomic E-state index is 8.12. The van der Waals surface area contributed by atoms with Gasteiger partial charge in [-0.3, -0.25) is 4.99 Å². The lowest BCUT2D eigenvalue weighted by Gasteiger charge is -1.91. The first kappa shape index (κ1) is 7.96. The standard InChI is InChI=1S/C6H11N3/c1-2-9-6(8)4-3-5-7/h2-4H2,1H3,(H2,8,9). The second-order valence-corrected chi connectivity index (χ2v) is 1.62. The zero-order valence-electron chi connectivity index (χ0n) is 5.59. The van der Waals surface area contributed by atoms with Gasteiger partial charge in [-0.25, -0.2) is 0 Å². The maximum Gasteiger partial charge on any atom is 0.0947 e. The quantitative estimate of drug-likeness (QED) is 0.445. The van der Waals surface area contributed by atoms with Crippen LogP contribution in [0.5, 0.6) is 0 Å². The molecule has 0 aromatic rings. The fourth-order valence-electron chi connectivity index (χ4n) is 0.466. The normalized spacial score (nSPS) is 10.9. The second-order valence-electron chi connectivity index (χ2n) is 1.62. The molecule has 0 heterocycles. The predicted octanol–water partition coefficient (Wildman–Crippen LogP) is 0.667. The summed E-state index contributed by atoms with van der Waals surface area (Å²) in [4.78, 5) is 3.91. The Morgan fingerprint density at radius 1 is 1.78 bits per heavy atom. The minimum absolute atomic E-state index is 0.468. The molecule has 0 amide bonds. The Bertz CT molecular complexity index is 132. The van der Waals surface area contributed by atoms with Gasteiger partial charge in [-0.1, -0.05) is 0 Å². The molecule has 0 spiro atoms. The molecule has 0 aromatic heterocycles. The van der Waals surface area contributed by atoms with Crippen LogP contribution in [0, 0.1) is 11.3 Å². The van der Waals surface area contributed by atoms with Gasteiger partial charge in [-0.05, 0) is 6.92 Å². The molecule has 0 rings (SSSR count). The molecule has 0 radical (unpaired) electrons. The first-order valence-corrected chi connectivity index (χ1v) is 2.97. The Labute approximate surface area is 55.2 Å². The Morgan fingerprint density at radius 3 is 2.89 bits per heavy atom. The maximum absolute atomic E-state index is 8.12. The molecule has 0 bridgehead atoms. The van der Waals surface area contributed by atoms with Gasteiger partial charge in [0.1, 0.15) is 0 Å². The van der Waals surface area contributed by atoms with E-state index in [1.54, 1.807) is 0 Å². The Kier molecular flexibility index (Phi) is 4.51. The average Bonchev–Trinajstić information content (AvgIpc) is 1.85. The number of nitriles is 1. The predicted molar refractivity (Wildman–Crippen MR) is 37.0 cm³/mol. The molecule has 0 unspecified atom stereocenters. The summed E-state index contributed by atoms with van der Waals surface area (Å²) in [5.74, 6) is 0.582. The van der Waals surface area contributed by atoms with Gasteiger partial charge in [0.2, 0.25) is 0 Å². The van der Waals surface area contributed by atoms with E-state index in [4.69, 9.17) is 11.0 Å². The number of hydrogen-bond acceptors (Lipinski definition) is 2. The van der Waals surface area contributed by atoms with Gasteiger partial charge in [-0.2, -0.15) is 5.26 Å². The Morgan fingerprint density at radius 2 is 2.44 bits per heavy atom. The highest BCUT2D eigenvalue weighted by Gasteiger charge is 1.87. The number of nitrogens with two attached hydrogens (primary N) is 1. The van der Waals surface area contributed by atoms with E-state index in [0.29, 0.717) is 25.2 Å². The lowest BCUT2D eigenvalue weighted by atomic mass is 10.3. The van der Waals surface area contributed by atoms with Gasteiger partial charge in [0.15, 0.2) is 0 Å². The molecule has 9 heavy (non-hydrogen) atoms. The SMILES string of the molecule is CCN=C(N)CCC#N. The fourth-order valence-corrected chi connectivity index (χ4v) is 0.466. The molecule has 0 aliphatic rings. The van der Waals surface area contributed by atoms with Gasteiger partial charge < -0.3 is 5.73 Å². The lowest BCUT2D eigenvalue weighted by Crippen LogP contribution is -2.11. The van der Waals surface area contributed by atoms with Crippen LogP contribution in [-0.2, 0) is 0 Å². The second kappa shape index (κ2) is 5.10. The third-order valence-electron chi connectivity index (χ3n) is 0.854. The van der Waals surface area contributed by atoms with E-state index in [2.05, 4.69) is 4.99 Å². The van der Waals surface area contributed by atoms with Gasteiger partial charge in [0.05, 0.1) is 11.9 Å². The molecular formula is C6H11N3. The minimum Gasteiger partial charge on any atom is -0.387 e. The molecule has 0 fully saturated rings. The van der Waals surface area contributed by atoms with Crippen LogP contribution in [-0.4, -0.2) is 12.4 Å². The van der Waals surface area contributed by atoms with Gasteiger partial charge in [0, 0.05) is 19.4 Å². The molecule has 0 saturated carbocycles. The molecular weight excluding hydrogens is 114 g/mol. The summed E-state index contributed by atoms with van der Waals surface area (Å²) in [5, 5.41) is 8.12. The van der Waals surface area contributed by atoms with E-state index in [9.17, 15) is 0 Å². The molecule has 3 heteroatoms. The van der Waals surface area contributed by atoms with E-state index in [1.807, 2.05) is 13.0 Å². The van der Waals surface area contributed by atoms with Crippen LogP contribution in [0.4, 0.5) is 0 Å². The monoisotopic (exact) mass is 125 g/mol. The van der Waals surface area contributed by atoms with Crippen molar-refractivity contribution in [2.45, 2.75) is 19.8 Å². The number of rotatable bonds is 3. The molecule has 0 aliphatic carbocycles. The first-order valence-electron chi connectivity index (χ1n) is 2.97. The molecule has 0 aromatic carbocycles. The molecule has 3 nitrogen and oxygen atoms in total. The van der Waals surface area contributed by atoms with Crippen molar-refractivity contribution in [3.05, 3.63) is 0 Å². The topological polar surface area (TPSA) is 62.2 Å². The summed E-state index contributed by atoms with van der Waals surface area (Å²) in [6, 6.07) is 2.00. The van der Waals surface area contributed by atoms with Gasteiger partial charge in [0.25, 0.3) is 0 Å². The number of hydrogen-bond donors (Lipinski definition) is 1. The van der Waals surface area contributed by atoms with E-state index < -0.39 is 0 Å². The number of aliphatic imine (C=N–C) groups is 1. The van der Waals surface area contributed by atoms with Crippen molar-refractivity contribution in [3.63, 3.8) is 0 Å². The molecule has 0 atom stereocenters. The number of amidine groups is 1. The first-order chi connectivity index (χ1) is 4.31. The highest BCUT2D eigenvalue weighted by atomic mass is 14.8. The van der Waals surface area contributed by atoms with Crippen LogP contribution in [0.3, 0.4) is 0 Å². The zero-order chi connectivity index (χ0) is 7.11. The van der Waals surface area contributed by atoms with Crippen LogP contribution in [0.1, 0.15) is 19.8 Å². The third kappa shape index (κ3) is 4.82. The Hall–Kier alpha value is -1.04. The summed E-state index contributed by atoms with van der Waals surface area (Å²) in [7, 11) is 0. The average molecular weight is 125 g/mol. The summed E-state index contributed by atoms with van der Waals surface area (Å²) in [5.41, 5.74) is 5.37. The van der Waals surface area contributed by atoms with Crippen LogP contribution in [0.25, 0.3) is 0 Å². The summed E-state index contributed by atoms with van der Waals surface area (Å²) >= 11 is 0. The number of nitrogens with zero attached hydrogens (tertiary/aromatic N) is 2. The largest absolute Gasteiger partial charge is 0.387 e. The minimum atomic E-state index is 0.468. The molecule has 2 N–H and O–H groups in total. The van der Waals surface area contributed by atoms with Crippen molar-refractivity contribution in [2.24, 2.45) is 10.7 Å². The third-order valence-corrected chi connectivity index (χ3v) is 0.854. The Balaban J connectivity index is 3.40. The lowest BCUT2D eigenvalue weighted by molar-refractivity contribution is 1.04. The van der Waals surface area contributed by atoms with E-state index in [0.717, 1.165) is 0 Å². The summed E-state index contributed by atoms with van der Waals surface area (Å²) in [6.07, 6.45) is 1.07. The van der Waals surface area contributed by atoms with Crippen molar-refractivity contribution >= 4 is 5.84 Å². The van der Waals surface area contributed by atoms with Crippen molar-refractivity contribution in [2.75, 3.05) is 6.54 Å². The molecule has 0 aliphatic heterocycles. The van der Waals surface area contributed by atoms with Crippen molar-refractivity contribution in [3.8, 4) is 6.07 Å². The van der Waals surface area contributed by atoms with E-state index >= 15 is 0 Å². The van der Waals surface area contributed by atoms with Crippen LogP contribution < -0.4 is 5.73 Å². The van der Waals surface area contributed by atoms with Crippen LogP contribution in [0.2, 0.25) is 0 Å². The highest BCUT2D eigenvalue weighted by molar-refractivity contribution is 5.80. The van der Waals surface area contributed by atoms with Crippen molar-refractivity contribution in [1.82, 2.24) is 0 Å². The van der Waals surface area contributed by atoms with E-state index in [1.165, 1.54) is 0 Å². The summed E-state index contributed by atoms with van der Waals surface area (Å²) < 4.78 is 0. The van der Waals surface area contributed by atoms with Crippen LogP contribution >= 0.6 is 0 Å². The smallest absolute Gasteiger partial charge is 0.0947 e. The molecule has 50 valence electrons. The van der Waals surface area contributed by atoms with Gasteiger partial charge in [-0.15, -0.1) is 0 Å². The van der Waals surface area contributed by atoms with Crippen molar-refractivity contribution in [1.29, 1.82) is 5.26 Å².